The average Bonchev–Trinajstić information content (AvgIpc) is 3.44. The van der Waals surface area contributed by atoms with Crippen molar-refractivity contribution in [2.24, 2.45) is 0 Å². The van der Waals surface area contributed by atoms with E-state index in [1.165, 1.54) is 24.5 Å². The molecule has 5 rings (SSSR count). The van der Waals surface area contributed by atoms with Crippen molar-refractivity contribution in [3.63, 3.8) is 0 Å². The number of hydrogen-bond acceptors (Lipinski definition) is 7. The summed E-state index contributed by atoms with van der Waals surface area (Å²) >= 11 is 0. The molecule has 1 amide bonds. The number of aromatic nitrogens is 4. The molecule has 0 aliphatic carbocycles. The Morgan fingerprint density at radius 2 is 1.93 bits per heavy atom. The van der Waals surface area contributed by atoms with Gasteiger partial charge in [-0.15, -0.1) is 5.10 Å². The zero-order valence-electron chi connectivity index (χ0n) is 14.8. The maximum Gasteiger partial charge on any atom is 0.433 e. The highest BCUT2D eigenvalue weighted by molar-refractivity contribution is 6.02. The topological polar surface area (TPSA) is 104 Å². The van der Waals surface area contributed by atoms with E-state index in [1.807, 2.05) is 0 Å². The van der Waals surface area contributed by atoms with Crippen LogP contribution in [0.4, 0.5) is 18.9 Å². The van der Waals surface area contributed by atoms with Crippen LogP contribution in [0.1, 0.15) is 16.3 Å². The van der Waals surface area contributed by atoms with Gasteiger partial charge < -0.3 is 19.2 Å². The molecule has 0 saturated carbocycles. The zero-order valence-corrected chi connectivity index (χ0v) is 14.8. The van der Waals surface area contributed by atoms with E-state index in [2.05, 4.69) is 20.4 Å². The number of benzene rings is 1. The lowest BCUT2D eigenvalue weighted by Crippen LogP contribution is -2.16. The maximum absolute atomic E-state index is 13.6. The van der Waals surface area contributed by atoms with E-state index in [9.17, 15) is 18.0 Å². The first-order valence-electron chi connectivity index (χ1n) is 8.48. The average molecular weight is 417 g/mol. The summed E-state index contributed by atoms with van der Waals surface area (Å²) in [5, 5.41) is 6.20. The molecule has 0 fully saturated rings. The number of alkyl halides is 3. The third-order valence-electron chi connectivity index (χ3n) is 4.21. The van der Waals surface area contributed by atoms with Crippen molar-refractivity contribution in [2.75, 3.05) is 12.1 Å². The highest BCUT2D eigenvalue weighted by Gasteiger charge is 2.36. The first kappa shape index (κ1) is 18.0. The van der Waals surface area contributed by atoms with Crippen LogP contribution in [-0.4, -0.2) is 32.3 Å². The Bertz CT molecular complexity index is 1270. The number of furan rings is 1. The van der Waals surface area contributed by atoms with Gasteiger partial charge in [0.2, 0.25) is 12.6 Å². The number of ether oxygens (including phenoxy) is 2. The van der Waals surface area contributed by atoms with E-state index in [4.69, 9.17) is 13.9 Å². The summed E-state index contributed by atoms with van der Waals surface area (Å²) < 4.78 is 56.6. The summed E-state index contributed by atoms with van der Waals surface area (Å²) in [4.78, 5) is 20.4. The first-order valence-corrected chi connectivity index (χ1v) is 8.48. The Hall–Kier alpha value is -4.09. The predicted molar refractivity (Wildman–Crippen MR) is 94.0 cm³/mol. The van der Waals surface area contributed by atoms with Gasteiger partial charge in [0.15, 0.2) is 23.0 Å². The molecule has 0 bridgehead atoms. The number of carbonyl (C=O) groups excluding carboxylic acids is 1. The molecule has 1 aliphatic rings. The van der Waals surface area contributed by atoms with Crippen LogP contribution in [0.5, 0.6) is 11.5 Å². The van der Waals surface area contributed by atoms with E-state index >= 15 is 0 Å². The molecule has 0 atom stereocenters. The lowest BCUT2D eigenvalue weighted by Gasteiger charge is -2.09. The molecule has 30 heavy (non-hydrogen) atoms. The fourth-order valence-corrected chi connectivity index (χ4v) is 2.88. The van der Waals surface area contributed by atoms with Crippen molar-refractivity contribution in [1.29, 1.82) is 0 Å². The van der Waals surface area contributed by atoms with Crippen LogP contribution in [0.15, 0.2) is 47.1 Å². The van der Waals surface area contributed by atoms with E-state index in [0.717, 1.165) is 6.07 Å². The van der Waals surface area contributed by atoms with Crippen molar-refractivity contribution in [1.82, 2.24) is 19.6 Å². The number of amides is 1. The highest BCUT2D eigenvalue weighted by Crippen LogP contribution is 2.34. The fourth-order valence-electron chi connectivity index (χ4n) is 2.88. The Labute approximate surface area is 165 Å². The second-order valence-electron chi connectivity index (χ2n) is 6.17. The van der Waals surface area contributed by atoms with Crippen LogP contribution in [0.2, 0.25) is 0 Å². The SMILES string of the molecule is O=C(Nc1ccc2c(c1)OCO2)c1nc2nc(-c3ccco3)cc(C(F)(F)F)n2n1. The predicted octanol–water partition coefficient (Wildman–Crippen LogP) is 3.38. The number of hydrogen-bond donors (Lipinski definition) is 1. The van der Waals surface area contributed by atoms with Crippen LogP contribution in [0.3, 0.4) is 0 Å². The van der Waals surface area contributed by atoms with E-state index in [-0.39, 0.29) is 18.2 Å². The van der Waals surface area contributed by atoms with Gasteiger partial charge >= 0.3 is 6.18 Å². The van der Waals surface area contributed by atoms with Crippen LogP contribution < -0.4 is 14.8 Å². The Morgan fingerprint density at radius 1 is 1.10 bits per heavy atom. The van der Waals surface area contributed by atoms with Gasteiger partial charge in [0, 0.05) is 11.8 Å². The Kier molecular flexibility index (Phi) is 3.88. The number of fused-ring (bicyclic) bond motifs is 2. The van der Waals surface area contributed by atoms with Gasteiger partial charge in [-0.3, -0.25) is 4.79 Å². The largest absolute Gasteiger partial charge is 0.463 e. The number of nitrogens with zero attached hydrogens (tertiary/aromatic N) is 4. The smallest absolute Gasteiger partial charge is 0.433 e. The minimum absolute atomic E-state index is 0.0601. The van der Waals surface area contributed by atoms with Gasteiger partial charge in [-0.25, -0.2) is 4.98 Å². The second kappa shape index (κ2) is 6.47. The monoisotopic (exact) mass is 417 g/mol. The van der Waals surface area contributed by atoms with Crippen LogP contribution >= 0.6 is 0 Å². The van der Waals surface area contributed by atoms with Crippen molar-refractivity contribution in [3.05, 3.63) is 54.2 Å². The lowest BCUT2D eigenvalue weighted by molar-refractivity contribution is -0.142. The highest BCUT2D eigenvalue weighted by atomic mass is 19.4. The van der Waals surface area contributed by atoms with E-state index in [1.54, 1.807) is 12.1 Å². The molecule has 0 saturated heterocycles. The second-order valence-corrected chi connectivity index (χ2v) is 6.17. The van der Waals surface area contributed by atoms with Gasteiger partial charge in [0.05, 0.1) is 6.26 Å². The molecule has 1 N–H and O–H groups in total. The number of nitrogens with one attached hydrogen (secondary N) is 1. The normalized spacial score (nSPS) is 13.0. The maximum atomic E-state index is 13.6. The van der Waals surface area contributed by atoms with Gasteiger partial charge in [0.1, 0.15) is 5.69 Å². The summed E-state index contributed by atoms with van der Waals surface area (Å²) in [6, 6.07) is 8.42. The minimum Gasteiger partial charge on any atom is -0.463 e. The number of rotatable bonds is 3. The van der Waals surface area contributed by atoms with Gasteiger partial charge in [-0.2, -0.15) is 22.7 Å². The van der Waals surface area contributed by atoms with Crippen LogP contribution in [0.25, 0.3) is 17.2 Å². The number of carbonyl (C=O) groups is 1. The standard InChI is InChI=1S/C18H10F3N5O4/c19-18(20,21)14-7-10(11-2-1-5-28-11)23-17-24-15(25-26(14)17)16(27)22-9-3-4-12-13(6-9)30-8-29-12/h1-7H,8H2,(H,22,27). The van der Waals surface area contributed by atoms with Gasteiger partial charge in [-0.1, -0.05) is 0 Å². The third kappa shape index (κ3) is 3.07. The molecule has 3 aromatic heterocycles. The van der Waals surface area contributed by atoms with Crippen molar-refractivity contribution in [2.45, 2.75) is 6.18 Å². The zero-order chi connectivity index (χ0) is 20.9. The molecule has 0 radical (unpaired) electrons. The molecule has 4 aromatic rings. The van der Waals surface area contributed by atoms with Crippen molar-refractivity contribution < 1.29 is 31.9 Å². The van der Waals surface area contributed by atoms with Gasteiger partial charge in [-0.05, 0) is 30.3 Å². The van der Waals surface area contributed by atoms with Crippen LogP contribution in [0, 0.1) is 0 Å². The summed E-state index contributed by atoms with van der Waals surface area (Å²) in [6.07, 6.45) is -3.45. The summed E-state index contributed by atoms with van der Waals surface area (Å²) in [7, 11) is 0. The molecule has 12 heteroatoms. The third-order valence-corrected chi connectivity index (χ3v) is 4.21. The Morgan fingerprint density at radius 3 is 2.70 bits per heavy atom. The summed E-state index contributed by atoms with van der Waals surface area (Å²) in [5.74, 6) is -0.623. The molecular weight excluding hydrogens is 407 g/mol. The molecule has 0 unspecified atom stereocenters. The molecule has 4 heterocycles. The van der Waals surface area contributed by atoms with Crippen molar-refractivity contribution >= 4 is 17.4 Å². The first-order chi connectivity index (χ1) is 14.4. The van der Waals surface area contributed by atoms with Crippen molar-refractivity contribution in [3.8, 4) is 23.0 Å². The molecule has 9 nitrogen and oxygen atoms in total. The number of halogens is 3. The molecule has 1 aliphatic heterocycles. The fraction of sp³-hybridized carbons (Fsp3) is 0.111. The number of anilines is 1. The minimum atomic E-state index is -4.76. The van der Waals surface area contributed by atoms with Crippen LogP contribution in [-0.2, 0) is 6.18 Å². The van der Waals surface area contributed by atoms with Gasteiger partial charge in [0.25, 0.3) is 11.7 Å². The molecule has 1 aromatic carbocycles. The molecular formula is C18H10F3N5O4. The molecule has 152 valence electrons. The quantitative estimate of drug-likeness (QED) is 0.545. The Balaban J connectivity index is 1.53. The van der Waals surface area contributed by atoms with E-state index in [0.29, 0.717) is 21.7 Å². The molecule has 0 spiro atoms. The lowest BCUT2D eigenvalue weighted by atomic mass is 10.2. The van der Waals surface area contributed by atoms with E-state index < -0.39 is 29.4 Å². The summed E-state index contributed by atoms with van der Waals surface area (Å²) in [5.41, 5.74) is -0.896. The summed E-state index contributed by atoms with van der Waals surface area (Å²) in [6.45, 7) is 0.0601.